The minimum atomic E-state index is -0.00873. The number of fused-ring (bicyclic) bond motifs is 1. The van der Waals surface area contributed by atoms with Crippen LogP contribution >= 0.6 is 46.1 Å². The van der Waals surface area contributed by atoms with Crippen LogP contribution in [0.2, 0.25) is 0 Å². The molecule has 0 saturated carbocycles. The van der Waals surface area contributed by atoms with Gasteiger partial charge in [0.1, 0.15) is 9.93 Å². The SMILES string of the molecule is C=CCN1C(=O)/C(=C2\Sc3ccccc3N2CC)SC1=Nc1ccc(I)cc1C. The molecular weight excluding hydrogens is 513 g/mol. The van der Waals surface area contributed by atoms with E-state index in [0.29, 0.717) is 11.7 Å². The summed E-state index contributed by atoms with van der Waals surface area (Å²) in [4.78, 5) is 24.0. The molecule has 2 aliphatic heterocycles. The van der Waals surface area contributed by atoms with E-state index in [9.17, 15) is 4.79 Å². The van der Waals surface area contributed by atoms with Crippen molar-refractivity contribution in [1.82, 2.24) is 4.90 Å². The Labute approximate surface area is 193 Å². The summed E-state index contributed by atoms with van der Waals surface area (Å²) < 4.78 is 1.17. The van der Waals surface area contributed by atoms with Crippen molar-refractivity contribution in [3.05, 3.63) is 74.2 Å². The normalized spacial score (nSPS) is 20.0. The predicted molar refractivity (Wildman–Crippen MR) is 133 cm³/mol. The number of para-hydroxylation sites is 1. The smallest absolute Gasteiger partial charge is 0.269 e. The Balaban J connectivity index is 1.77. The van der Waals surface area contributed by atoms with Crippen LogP contribution in [0.1, 0.15) is 12.5 Å². The fourth-order valence-electron chi connectivity index (χ4n) is 3.27. The van der Waals surface area contributed by atoms with Gasteiger partial charge in [0, 0.05) is 21.6 Å². The highest BCUT2D eigenvalue weighted by molar-refractivity contribution is 14.1. The molecule has 0 spiro atoms. The van der Waals surface area contributed by atoms with Crippen molar-refractivity contribution in [2.75, 3.05) is 18.0 Å². The van der Waals surface area contributed by atoms with E-state index in [1.54, 1.807) is 22.7 Å². The molecule has 0 radical (unpaired) electrons. The maximum Gasteiger partial charge on any atom is 0.269 e. The maximum absolute atomic E-state index is 13.3. The summed E-state index contributed by atoms with van der Waals surface area (Å²) in [6.45, 7) is 9.22. The molecule has 0 aromatic heterocycles. The summed E-state index contributed by atoms with van der Waals surface area (Å²) in [6, 6.07) is 14.4. The number of aryl methyl sites for hydroxylation is 1. The zero-order valence-electron chi connectivity index (χ0n) is 16.2. The van der Waals surface area contributed by atoms with Gasteiger partial charge in [0.15, 0.2) is 5.17 Å². The number of amides is 1. The molecule has 0 bridgehead atoms. The average molecular weight is 533 g/mol. The van der Waals surface area contributed by atoms with Crippen LogP contribution in [0.15, 0.2) is 74.9 Å². The van der Waals surface area contributed by atoms with Gasteiger partial charge in [0.2, 0.25) is 0 Å². The molecule has 29 heavy (non-hydrogen) atoms. The van der Waals surface area contributed by atoms with Crippen molar-refractivity contribution in [2.45, 2.75) is 18.7 Å². The van der Waals surface area contributed by atoms with Gasteiger partial charge in [-0.1, -0.05) is 30.0 Å². The molecule has 0 atom stereocenters. The Morgan fingerprint density at radius 1 is 1.17 bits per heavy atom. The summed E-state index contributed by atoms with van der Waals surface area (Å²) in [5.74, 6) is -0.00873. The molecule has 2 heterocycles. The van der Waals surface area contributed by atoms with Gasteiger partial charge in [-0.2, -0.15) is 0 Å². The Morgan fingerprint density at radius 2 is 1.97 bits per heavy atom. The second-order valence-electron chi connectivity index (χ2n) is 6.58. The summed E-state index contributed by atoms with van der Waals surface area (Å²) in [5, 5.41) is 1.69. The van der Waals surface area contributed by atoms with Gasteiger partial charge in [-0.15, -0.1) is 6.58 Å². The standard InChI is InChI=1S/C22H20IN3OS2/c1-4-12-26-20(27)19(21-25(5-2)17-8-6-7-9-18(17)28-21)29-22(26)24-16-11-10-15(23)13-14(16)3/h4,6-11,13H,1,5,12H2,2-3H3/b21-19+,24-22?. The van der Waals surface area contributed by atoms with Crippen molar-refractivity contribution in [3.63, 3.8) is 0 Å². The van der Waals surface area contributed by atoms with E-state index in [-0.39, 0.29) is 5.91 Å². The van der Waals surface area contributed by atoms with E-state index in [4.69, 9.17) is 4.99 Å². The number of aliphatic imine (C=N–C) groups is 1. The number of halogens is 1. The zero-order chi connectivity index (χ0) is 20.5. The molecule has 0 aliphatic carbocycles. The second-order valence-corrected chi connectivity index (χ2v) is 9.83. The van der Waals surface area contributed by atoms with Crippen molar-refractivity contribution < 1.29 is 4.79 Å². The first-order chi connectivity index (χ1) is 14.0. The number of anilines is 1. The molecule has 148 valence electrons. The number of hydrogen-bond acceptors (Lipinski definition) is 5. The number of thioether (sulfide) groups is 2. The third kappa shape index (κ3) is 3.87. The van der Waals surface area contributed by atoms with E-state index in [0.717, 1.165) is 33.4 Å². The quantitative estimate of drug-likeness (QED) is 0.269. The number of carbonyl (C=O) groups excluding carboxylic acids is 1. The predicted octanol–water partition coefficient (Wildman–Crippen LogP) is 6.15. The number of carbonyl (C=O) groups is 1. The molecule has 1 saturated heterocycles. The molecule has 2 aromatic carbocycles. The Bertz CT molecular complexity index is 1060. The Kier molecular flexibility index (Phi) is 6.08. The van der Waals surface area contributed by atoms with Gasteiger partial charge < -0.3 is 4.90 Å². The molecule has 0 unspecified atom stereocenters. The van der Waals surface area contributed by atoms with Crippen molar-refractivity contribution >= 4 is 68.6 Å². The zero-order valence-corrected chi connectivity index (χ0v) is 20.0. The lowest BCUT2D eigenvalue weighted by Crippen LogP contribution is -2.30. The summed E-state index contributed by atoms with van der Waals surface area (Å²) in [5.41, 5.74) is 3.13. The van der Waals surface area contributed by atoms with Gasteiger partial charge in [-0.25, -0.2) is 4.99 Å². The minimum Gasteiger partial charge on any atom is -0.334 e. The van der Waals surface area contributed by atoms with Gasteiger partial charge in [0.05, 0.1) is 11.4 Å². The summed E-state index contributed by atoms with van der Waals surface area (Å²) in [7, 11) is 0. The third-order valence-corrected chi connectivity index (χ3v) is 7.72. The Hall–Kier alpha value is -1.71. The number of hydrogen-bond donors (Lipinski definition) is 0. The molecule has 2 aliphatic rings. The minimum absolute atomic E-state index is 0.00873. The summed E-state index contributed by atoms with van der Waals surface area (Å²) in [6.07, 6.45) is 1.75. The fourth-order valence-corrected chi connectivity index (χ4v) is 6.31. The Morgan fingerprint density at radius 3 is 2.69 bits per heavy atom. The van der Waals surface area contributed by atoms with Crippen LogP contribution in [0.25, 0.3) is 0 Å². The number of amidine groups is 1. The molecule has 4 nitrogen and oxygen atoms in total. The highest BCUT2D eigenvalue weighted by Gasteiger charge is 2.39. The van der Waals surface area contributed by atoms with E-state index in [1.165, 1.54) is 20.2 Å². The van der Waals surface area contributed by atoms with Gasteiger partial charge in [-0.05, 0) is 84.1 Å². The van der Waals surface area contributed by atoms with Crippen LogP contribution in [-0.4, -0.2) is 29.1 Å². The molecule has 0 N–H and O–H groups in total. The lowest BCUT2D eigenvalue weighted by molar-refractivity contribution is -0.121. The van der Waals surface area contributed by atoms with Crippen LogP contribution in [-0.2, 0) is 4.79 Å². The number of nitrogens with zero attached hydrogens (tertiary/aromatic N) is 3. The molecule has 2 aromatic rings. The van der Waals surface area contributed by atoms with E-state index in [1.807, 2.05) is 31.2 Å². The molecular formula is C22H20IN3OS2. The molecule has 1 fully saturated rings. The molecule has 7 heteroatoms. The second kappa shape index (κ2) is 8.57. The van der Waals surface area contributed by atoms with Crippen molar-refractivity contribution in [1.29, 1.82) is 0 Å². The van der Waals surface area contributed by atoms with E-state index in [2.05, 4.69) is 59.2 Å². The van der Waals surface area contributed by atoms with E-state index >= 15 is 0 Å². The highest BCUT2D eigenvalue weighted by atomic mass is 127. The first kappa shape index (κ1) is 20.6. The highest BCUT2D eigenvalue weighted by Crippen LogP contribution is 2.50. The summed E-state index contributed by atoms with van der Waals surface area (Å²) >= 11 is 5.41. The van der Waals surface area contributed by atoms with Crippen LogP contribution in [0.4, 0.5) is 11.4 Å². The fraction of sp³-hybridized carbons (Fsp3) is 0.182. The molecule has 4 rings (SSSR count). The first-order valence-corrected chi connectivity index (χ1v) is 12.0. The van der Waals surface area contributed by atoms with Crippen LogP contribution in [0.5, 0.6) is 0 Å². The van der Waals surface area contributed by atoms with Gasteiger partial charge in [0.25, 0.3) is 5.91 Å². The number of rotatable bonds is 4. The third-order valence-electron chi connectivity index (χ3n) is 4.67. The van der Waals surface area contributed by atoms with Crippen LogP contribution in [0, 0.1) is 10.5 Å². The van der Waals surface area contributed by atoms with Crippen LogP contribution < -0.4 is 4.90 Å². The van der Waals surface area contributed by atoms with E-state index < -0.39 is 0 Å². The van der Waals surface area contributed by atoms with Crippen LogP contribution in [0.3, 0.4) is 0 Å². The lowest BCUT2D eigenvalue weighted by Gasteiger charge is -2.19. The maximum atomic E-state index is 13.3. The first-order valence-electron chi connectivity index (χ1n) is 9.27. The van der Waals surface area contributed by atoms with Crippen molar-refractivity contribution in [2.24, 2.45) is 4.99 Å². The average Bonchev–Trinajstić information content (AvgIpc) is 3.22. The number of benzene rings is 2. The monoisotopic (exact) mass is 533 g/mol. The topological polar surface area (TPSA) is 35.9 Å². The van der Waals surface area contributed by atoms with Crippen molar-refractivity contribution in [3.8, 4) is 0 Å². The van der Waals surface area contributed by atoms with Gasteiger partial charge in [-0.3, -0.25) is 9.69 Å². The van der Waals surface area contributed by atoms with Gasteiger partial charge >= 0.3 is 0 Å². The molecule has 1 amide bonds. The lowest BCUT2D eigenvalue weighted by atomic mass is 10.2. The largest absolute Gasteiger partial charge is 0.334 e.